The number of aromatic nitrogens is 1. The van der Waals surface area contributed by atoms with Crippen LogP contribution in [0, 0.1) is 0 Å². The van der Waals surface area contributed by atoms with Crippen LogP contribution < -0.4 is 4.90 Å². The summed E-state index contributed by atoms with van der Waals surface area (Å²) in [5.41, 5.74) is 3.74. The Kier molecular flexibility index (Phi) is 4.52. The molecule has 1 aliphatic heterocycles. The van der Waals surface area contributed by atoms with Gasteiger partial charge in [-0.3, -0.25) is 0 Å². The predicted molar refractivity (Wildman–Crippen MR) is 133 cm³/mol. The van der Waals surface area contributed by atoms with E-state index < -0.39 is 5.66 Å². The molecule has 1 aromatic heterocycles. The first-order valence-electron chi connectivity index (χ1n) is 10.4. The molecule has 0 amide bonds. The van der Waals surface area contributed by atoms with Crippen molar-refractivity contribution in [1.82, 2.24) is 4.57 Å². The maximum absolute atomic E-state index is 10.5. The van der Waals surface area contributed by atoms with Gasteiger partial charge in [-0.25, -0.2) is 0 Å². The number of aromatic hydroxyl groups is 1. The second-order valence-corrected chi connectivity index (χ2v) is 9.62. The van der Waals surface area contributed by atoms with Gasteiger partial charge in [-0.15, -0.1) is 0 Å². The Balaban J connectivity index is 1.81. The van der Waals surface area contributed by atoms with E-state index in [0.717, 1.165) is 10.0 Å². The minimum atomic E-state index is -0.505. The van der Waals surface area contributed by atoms with Gasteiger partial charge in [0, 0.05) is 34.4 Å². The molecule has 31 heavy (non-hydrogen) atoms. The number of rotatable bonds is 3. The first-order valence-corrected chi connectivity index (χ1v) is 11.2. The lowest BCUT2D eigenvalue weighted by molar-refractivity contribution is 0.244. The second-order valence-electron chi connectivity index (χ2n) is 8.71. The lowest BCUT2D eigenvalue weighted by Gasteiger charge is -2.46. The van der Waals surface area contributed by atoms with Crippen molar-refractivity contribution < 1.29 is 5.11 Å². The van der Waals surface area contributed by atoms with Gasteiger partial charge in [-0.1, -0.05) is 72.3 Å². The van der Waals surface area contributed by atoms with E-state index in [9.17, 15) is 5.11 Å². The van der Waals surface area contributed by atoms with Gasteiger partial charge in [-0.05, 0) is 53.4 Å². The lowest BCUT2D eigenvalue weighted by atomic mass is 9.75. The summed E-state index contributed by atoms with van der Waals surface area (Å²) >= 11 is 3.53. The minimum absolute atomic E-state index is 0.238. The fraction of sp³-hybridized carbons (Fsp3) is 0.185. The third-order valence-electron chi connectivity index (χ3n) is 6.82. The summed E-state index contributed by atoms with van der Waals surface area (Å²) in [5, 5.41) is 11.7. The van der Waals surface area contributed by atoms with Crippen LogP contribution in [0.1, 0.15) is 25.0 Å². The van der Waals surface area contributed by atoms with Crippen LogP contribution in [-0.2, 0) is 11.1 Å². The molecule has 0 bridgehead atoms. The van der Waals surface area contributed by atoms with Crippen molar-refractivity contribution in [3.63, 3.8) is 0 Å². The molecule has 1 unspecified atom stereocenters. The maximum Gasteiger partial charge on any atom is 0.145 e. The lowest BCUT2D eigenvalue weighted by Crippen LogP contribution is -2.54. The number of benzene rings is 3. The molecule has 1 atom stereocenters. The third kappa shape index (κ3) is 2.78. The zero-order valence-electron chi connectivity index (χ0n) is 17.9. The number of phenolic OH excluding ortho intramolecular Hbond substituents is 1. The highest BCUT2D eigenvalue weighted by Crippen LogP contribution is 2.55. The zero-order valence-corrected chi connectivity index (χ0v) is 19.5. The topological polar surface area (TPSA) is 28.4 Å². The van der Waals surface area contributed by atoms with Crippen molar-refractivity contribution >= 4 is 38.6 Å². The van der Waals surface area contributed by atoms with E-state index in [-0.39, 0.29) is 11.2 Å². The van der Waals surface area contributed by atoms with Crippen LogP contribution in [0.25, 0.3) is 17.0 Å². The van der Waals surface area contributed by atoms with Gasteiger partial charge < -0.3 is 14.6 Å². The normalized spacial score (nSPS) is 19.9. The molecule has 2 heterocycles. The van der Waals surface area contributed by atoms with Gasteiger partial charge in [0.05, 0.1) is 5.52 Å². The van der Waals surface area contributed by atoms with Crippen LogP contribution in [-0.4, -0.2) is 16.7 Å². The summed E-state index contributed by atoms with van der Waals surface area (Å²) in [6, 6.07) is 24.8. The highest BCUT2D eigenvalue weighted by molar-refractivity contribution is 9.10. The van der Waals surface area contributed by atoms with Gasteiger partial charge in [0.2, 0.25) is 0 Å². The van der Waals surface area contributed by atoms with Gasteiger partial charge in [-0.2, -0.15) is 0 Å². The van der Waals surface area contributed by atoms with E-state index in [1.165, 1.54) is 22.2 Å². The molecule has 0 saturated carbocycles. The van der Waals surface area contributed by atoms with Crippen molar-refractivity contribution in [2.24, 2.45) is 0 Å². The van der Waals surface area contributed by atoms with Crippen LogP contribution >= 0.6 is 15.9 Å². The first-order chi connectivity index (χ1) is 14.9. The summed E-state index contributed by atoms with van der Waals surface area (Å²) < 4.78 is 3.31. The standard InChI is InChI=1S/C27H25BrN2O/c1-26(2)22-9-5-7-11-24(22)29(3)27(26,16-14-20-18-21(28)12-13-25(20)31)30-17-15-19-8-4-6-10-23(19)30/h4-18,31H,1-3H3/b16-14+. The second kappa shape index (κ2) is 7.03. The molecule has 1 N–H and O–H groups in total. The molecule has 4 aromatic rings. The smallest absolute Gasteiger partial charge is 0.145 e. The van der Waals surface area contributed by atoms with E-state index >= 15 is 0 Å². The van der Waals surface area contributed by atoms with E-state index in [4.69, 9.17) is 0 Å². The summed E-state index contributed by atoms with van der Waals surface area (Å²) in [7, 11) is 2.16. The summed E-state index contributed by atoms with van der Waals surface area (Å²) in [4.78, 5) is 2.36. The zero-order chi connectivity index (χ0) is 21.8. The molecule has 0 aliphatic carbocycles. The van der Waals surface area contributed by atoms with E-state index in [1.54, 1.807) is 6.07 Å². The number of hydrogen-bond acceptors (Lipinski definition) is 2. The maximum atomic E-state index is 10.5. The number of likely N-dealkylation sites (N-methyl/N-ethyl adjacent to an activating group) is 1. The molecule has 0 radical (unpaired) electrons. The van der Waals surface area contributed by atoms with Gasteiger partial charge >= 0.3 is 0 Å². The Labute approximate surface area is 191 Å². The van der Waals surface area contributed by atoms with E-state index in [2.05, 4.69) is 113 Å². The van der Waals surface area contributed by atoms with Crippen molar-refractivity contribution in [3.8, 4) is 5.75 Å². The quantitative estimate of drug-likeness (QED) is 0.351. The molecule has 0 saturated heterocycles. The van der Waals surface area contributed by atoms with Crippen molar-refractivity contribution in [1.29, 1.82) is 0 Å². The summed E-state index contributed by atoms with van der Waals surface area (Å²) in [6.45, 7) is 4.60. The predicted octanol–water partition coefficient (Wildman–Crippen LogP) is 6.90. The van der Waals surface area contributed by atoms with Gasteiger partial charge in [0.15, 0.2) is 0 Å². The SMILES string of the molecule is CN1c2ccccc2C(C)(C)C1(/C=C/c1cc(Br)ccc1O)n1ccc2ccccc21. The largest absolute Gasteiger partial charge is 0.507 e. The fourth-order valence-electron chi connectivity index (χ4n) is 5.20. The summed E-state index contributed by atoms with van der Waals surface area (Å²) in [5.74, 6) is 0.267. The average Bonchev–Trinajstić information content (AvgIpc) is 3.26. The van der Waals surface area contributed by atoms with Crippen LogP contribution in [0.4, 0.5) is 5.69 Å². The number of nitrogens with zero attached hydrogens (tertiary/aromatic N) is 2. The molecular formula is C27H25BrN2O. The van der Waals surface area contributed by atoms with Gasteiger partial charge in [0.25, 0.3) is 0 Å². The number of fused-ring (bicyclic) bond motifs is 2. The monoisotopic (exact) mass is 472 g/mol. The van der Waals surface area contributed by atoms with Crippen LogP contribution in [0.2, 0.25) is 0 Å². The minimum Gasteiger partial charge on any atom is -0.507 e. The molecule has 4 heteroatoms. The highest BCUT2D eigenvalue weighted by Gasteiger charge is 2.55. The molecule has 0 spiro atoms. The Morgan fingerprint density at radius 1 is 0.935 bits per heavy atom. The number of para-hydroxylation sites is 2. The molecule has 0 fully saturated rings. The van der Waals surface area contributed by atoms with Crippen molar-refractivity contribution in [3.05, 3.63) is 101 Å². The van der Waals surface area contributed by atoms with Crippen molar-refractivity contribution in [2.75, 3.05) is 11.9 Å². The molecule has 3 nitrogen and oxygen atoms in total. The average molecular weight is 473 g/mol. The number of hydrogen-bond donors (Lipinski definition) is 1. The third-order valence-corrected chi connectivity index (χ3v) is 7.31. The van der Waals surface area contributed by atoms with Crippen LogP contribution in [0.5, 0.6) is 5.75 Å². The highest BCUT2D eigenvalue weighted by atomic mass is 79.9. The summed E-state index contributed by atoms with van der Waals surface area (Å²) in [6.07, 6.45) is 6.46. The van der Waals surface area contributed by atoms with Crippen LogP contribution in [0.15, 0.2) is 89.5 Å². The fourth-order valence-corrected chi connectivity index (χ4v) is 5.58. The molecule has 1 aliphatic rings. The van der Waals surface area contributed by atoms with Crippen molar-refractivity contribution in [2.45, 2.75) is 24.9 Å². The number of anilines is 1. The van der Waals surface area contributed by atoms with Crippen LogP contribution in [0.3, 0.4) is 0 Å². The Hall–Kier alpha value is -2.98. The first kappa shape index (κ1) is 20.0. The molecule has 156 valence electrons. The Morgan fingerprint density at radius 3 is 2.48 bits per heavy atom. The van der Waals surface area contributed by atoms with Gasteiger partial charge in [0.1, 0.15) is 11.4 Å². The molecule has 3 aromatic carbocycles. The molecule has 5 rings (SSSR count). The Morgan fingerprint density at radius 2 is 1.68 bits per heavy atom. The van der Waals surface area contributed by atoms with E-state index in [0.29, 0.717) is 0 Å². The molecular weight excluding hydrogens is 448 g/mol. The van der Waals surface area contributed by atoms with E-state index in [1.807, 2.05) is 18.2 Å². The number of phenols is 1. The number of halogens is 1. The Bertz CT molecular complexity index is 1320.